The third-order valence-electron chi connectivity index (χ3n) is 4.32. The molecule has 2 N–H and O–H groups in total. The number of nitrogens with one attached hydrogen (secondary N) is 2. The van der Waals surface area contributed by atoms with Crippen molar-refractivity contribution in [2.24, 2.45) is 4.99 Å². The number of rotatable bonds is 9. The quantitative estimate of drug-likeness (QED) is 0.288. The van der Waals surface area contributed by atoms with Gasteiger partial charge >= 0.3 is 0 Å². The summed E-state index contributed by atoms with van der Waals surface area (Å²) in [4.78, 5) is 17.8. The van der Waals surface area contributed by atoms with E-state index in [2.05, 4.69) is 15.6 Å². The van der Waals surface area contributed by atoms with Crippen LogP contribution in [0.5, 0.6) is 11.5 Å². The van der Waals surface area contributed by atoms with Crippen LogP contribution in [-0.2, 0) is 17.9 Å². The van der Waals surface area contributed by atoms with Gasteiger partial charge in [-0.2, -0.15) is 0 Å². The maximum absolute atomic E-state index is 13.1. The highest BCUT2D eigenvalue weighted by molar-refractivity contribution is 14.0. The lowest BCUT2D eigenvalue weighted by Gasteiger charge is -2.22. The zero-order valence-corrected chi connectivity index (χ0v) is 20.6. The molecule has 2 rings (SSSR count). The summed E-state index contributed by atoms with van der Waals surface area (Å²) in [6.07, 6.45) is 0. The maximum atomic E-state index is 13.1. The van der Waals surface area contributed by atoms with Gasteiger partial charge in [0.1, 0.15) is 5.82 Å². The van der Waals surface area contributed by atoms with Crippen molar-refractivity contribution in [2.45, 2.75) is 20.0 Å². The Labute approximate surface area is 200 Å². The van der Waals surface area contributed by atoms with Gasteiger partial charge in [-0.1, -0.05) is 18.2 Å². The first kappa shape index (κ1) is 26.5. The first-order valence-electron chi connectivity index (χ1n) is 9.69. The van der Waals surface area contributed by atoms with E-state index < -0.39 is 0 Å². The Hall–Kier alpha value is -2.56. The van der Waals surface area contributed by atoms with Crippen LogP contribution in [0, 0.1) is 5.82 Å². The molecule has 0 unspecified atom stereocenters. The average Bonchev–Trinajstić information content (AvgIpc) is 2.74. The van der Waals surface area contributed by atoms with Gasteiger partial charge < -0.3 is 25.0 Å². The minimum absolute atomic E-state index is 0. The second-order valence-electron chi connectivity index (χ2n) is 6.61. The number of aliphatic imine (C=N–C) groups is 1. The molecule has 0 aliphatic carbocycles. The van der Waals surface area contributed by atoms with Gasteiger partial charge in [0.15, 0.2) is 24.1 Å². The molecule has 0 radical (unpaired) electrons. The van der Waals surface area contributed by atoms with Gasteiger partial charge in [0.25, 0.3) is 5.91 Å². The molecule has 0 fully saturated rings. The van der Waals surface area contributed by atoms with E-state index in [1.165, 1.54) is 12.1 Å². The van der Waals surface area contributed by atoms with Gasteiger partial charge in [0.05, 0.1) is 7.11 Å². The van der Waals surface area contributed by atoms with E-state index in [0.29, 0.717) is 37.1 Å². The first-order chi connectivity index (χ1) is 14.5. The Balaban J connectivity index is 0.00000480. The largest absolute Gasteiger partial charge is 0.493 e. The molecule has 0 saturated heterocycles. The fourth-order valence-corrected chi connectivity index (χ4v) is 2.84. The number of hydrogen-bond donors (Lipinski definition) is 2. The minimum atomic E-state index is -0.253. The first-order valence-corrected chi connectivity index (χ1v) is 9.69. The molecule has 0 bridgehead atoms. The number of benzene rings is 2. The Bertz CT molecular complexity index is 862. The summed E-state index contributed by atoms with van der Waals surface area (Å²) >= 11 is 0. The Kier molecular flexibility index (Phi) is 11.7. The summed E-state index contributed by atoms with van der Waals surface area (Å²) in [7, 11) is 5.18. The van der Waals surface area contributed by atoms with Crippen LogP contribution < -0.4 is 20.1 Å². The van der Waals surface area contributed by atoms with Crippen LogP contribution in [0.25, 0.3) is 0 Å². The van der Waals surface area contributed by atoms with Crippen LogP contribution in [0.1, 0.15) is 18.1 Å². The monoisotopic (exact) mass is 544 g/mol. The summed E-state index contributed by atoms with van der Waals surface area (Å²) in [5.74, 6) is 1.32. The SMILES string of the molecule is CCNC(=O)COc1ccc(CNC(=NC)N(C)Cc2ccc(F)cc2)cc1OC.I. The number of guanidine groups is 1. The summed E-state index contributed by atoms with van der Waals surface area (Å²) in [6, 6.07) is 11.9. The maximum Gasteiger partial charge on any atom is 0.257 e. The number of hydrogen-bond acceptors (Lipinski definition) is 4. The summed E-state index contributed by atoms with van der Waals surface area (Å²) in [6.45, 7) is 3.46. The summed E-state index contributed by atoms with van der Waals surface area (Å²) in [5.41, 5.74) is 1.95. The van der Waals surface area contributed by atoms with Gasteiger partial charge in [-0.05, 0) is 42.3 Å². The predicted molar refractivity (Wildman–Crippen MR) is 131 cm³/mol. The van der Waals surface area contributed by atoms with Crippen molar-refractivity contribution in [3.05, 3.63) is 59.4 Å². The van der Waals surface area contributed by atoms with Crippen LogP contribution in [-0.4, -0.2) is 51.1 Å². The van der Waals surface area contributed by atoms with E-state index in [1.807, 2.05) is 31.0 Å². The second-order valence-corrected chi connectivity index (χ2v) is 6.61. The molecular formula is C22H30FIN4O3. The lowest BCUT2D eigenvalue weighted by molar-refractivity contribution is -0.123. The normalized spacial score (nSPS) is 10.7. The highest BCUT2D eigenvalue weighted by Crippen LogP contribution is 2.28. The highest BCUT2D eigenvalue weighted by atomic mass is 127. The number of nitrogens with zero attached hydrogens (tertiary/aromatic N) is 2. The molecule has 1 amide bonds. The lowest BCUT2D eigenvalue weighted by atomic mass is 10.2. The van der Waals surface area contributed by atoms with Crippen molar-refractivity contribution in [3.8, 4) is 11.5 Å². The molecule has 0 heterocycles. The molecular weight excluding hydrogens is 514 g/mol. The predicted octanol–water partition coefficient (Wildman–Crippen LogP) is 3.17. The Morgan fingerprint density at radius 1 is 1.10 bits per heavy atom. The standard InChI is InChI=1S/C22H29FN4O3.HI/c1-5-25-21(28)15-30-19-11-8-17(12-20(19)29-4)13-26-22(24-2)27(3)14-16-6-9-18(23)10-7-16;/h6-12H,5,13-15H2,1-4H3,(H,24,26)(H,25,28);1H. The zero-order valence-electron chi connectivity index (χ0n) is 18.3. The average molecular weight is 544 g/mol. The summed E-state index contributed by atoms with van der Waals surface area (Å²) < 4.78 is 24.0. The van der Waals surface area contributed by atoms with Gasteiger partial charge in [-0.3, -0.25) is 9.79 Å². The number of carbonyl (C=O) groups excluding carboxylic acids is 1. The van der Waals surface area contributed by atoms with Crippen molar-refractivity contribution in [2.75, 3.05) is 34.4 Å². The molecule has 7 nitrogen and oxygen atoms in total. The van der Waals surface area contributed by atoms with Gasteiger partial charge in [0, 0.05) is 33.7 Å². The number of halogens is 2. The molecule has 2 aromatic carbocycles. The molecule has 0 spiro atoms. The number of likely N-dealkylation sites (N-methyl/N-ethyl adjacent to an activating group) is 1. The smallest absolute Gasteiger partial charge is 0.257 e. The Morgan fingerprint density at radius 2 is 1.77 bits per heavy atom. The van der Waals surface area contributed by atoms with Crippen LogP contribution in [0.4, 0.5) is 4.39 Å². The molecule has 170 valence electrons. The van der Waals surface area contributed by atoms with Crippen LogP contribution in [0.3, 0.4) is 0 Å². The molecule has 31 heavy (non-hydrogen) atoms. The topological polar surface area (TPSA) is 75.2 Å². The van der Waals surface area contributed by atoms with E-state index in [0.717, 1.165) is 11.1 Å². The second kappa shape index (κ2) is 13.7. The van der Waals surface area contributed by atoms with Crippen LogP contribution >= 0.6 is 24.0 Å². The van der Waals surface area contributed by atoms with Gasteiger partial charge in [0.2, 0.25) is 0 Å². The third kappa shape index (κ3) is 8.60. The molecule has 0 aromatic heterocycles. The molecule has 0 aliphatic rings. The zero-order chi connectivity index (χ0) is 21.9. The molecule has 0 saturated carbocycles. The van der Waals surface area contributed by atoms with Crippen LogP contribution in [0.2, 0.25) is 0 Å². The molecule has 0 atom stereocenters. The summed E-state index contributed by atoms with van der Waals surface area (Å²) in [5, 5.41) is 5.98. The van der Waals surface area contributed by atoms with Crippen molar-refractivity contribution in [1.29, 1.82) is 0 Å². The van der Waals surface area contributed by atoms with Crippen LogP contribution in [0.15, 0.2) is 47.5 Å². The third-order valence-corrected chi connectivity index (χ3v) is 4.32. The molecule has 2 aromatic rings. The highest BCUT2D eigenvalue weighted by Gasteiger charge is 2.10. The minimum Gasteiger partial charge on any atom is -0.493 e. The van der Waals surface area contributed by atoms with E-state index in [4.69, 9.17) is 9.47 Å². The fraction of sp³-hybridized carbons (Fsp3) is 0.364. The lowest BCUT2D eigenvalue weighted by Crippen LogP contribution is -2.38. The molecule has 9 heteroatoms. The molecule has 0 aliphatic heterocycles. The van der Waals surface area contributed by atoms with Crippen molar-refractivity contribution < 1.29 is 18.7 Å². The fourth-order valence-electron chi connectivity index (χ4n) is 2.84. The number of ether oxygens (including phenoxy) is 2. The van der Waals surface area contributed by atoms with Crippen molar-refractivity contribution in [3.63, 3.8) is 0 Å². The van der Waals surface area contributed by atoms with Gasteiger partial charge in [-0.25, -0.2) is 4.39 Å². The van der Waals surface area contributed by atoms with Crippen molar-refractivity contribution >= 4 is 35.8 Å². The van der Waals surface area contributed by atoms with E-state index in [-0.39, 0.29) is 42.3 Å². The van der Waals surface area contributed by atoms with E-state index in [9.17, 15) is 9.18 Å². The van der Waals surface area contributed by atoms with E-state index >= 15 is 0 Å². The van der Waals surface area contributed by atoms with Gasteiger partial charge in [-0.15, -0.1) is 24.0 Å². The van der Waals surface area contributed by atoms with Crippen molar-refractivity contribution in [1.82, 2.24) is 15.5 Å². The van der Waals surface area contributed by atoms with E-state index in [1.54, 1.807) is 32.4 Å². The number of amides is 1. The number of carbonyl (C=O) groups is 1. The Morgan fingerprint density at radius 3 is 2.39 bits per heavy atom. The number of methoxy groups -OCH3 is 1.